The fraction of sp³-hybridized carbons (Fsp3) is 0.620. The lowest BCUT2D eigenvalue weighted by Crippen LogP contribution is -2.51. The van der Waals surface area contributed by atoms with Crippen LogP contribution >= 0.6 is 22.6 Å². The number of nitrogens with one attached hydrogen (secondary N) is 2. The van der Waals surface area contributed by atoms with Crippen LogP contribution in [0.4, 0.5) is 15.9 Å². The third kappa shape index (κ3) is 10.8. The summed E-state index contributed by atoms with van der Waals surface area (Å²) >= 11 is 2.02. The third-order valence-electron chi connectivity index (χ3n) is 15.4. The number of aromatic nitrogens is 2. The Labute approximate surface area is 385 Å². The number of hydroxylamine groups is 1. The Balaban J connectivity index is 0.790. The fourth-order valence-corrected chi connectivity index (χ4v) is 12.5. The monoisotopic (exact) mass is 980 g/mol. The van der Waals surface area contributed by atoms with E-state index in [2.05, 4.69) is 56.5 Å². The molecule has 2 N–H and O–H groups in total. The standard InChI is InChI=1S/C50H66FIN4O7/c1-31(2)7-6-8-32(3)40-16-17-41-38-14-9-33-27-37(21-23-49(33,4)42(38)22-24-50(40,41)5)63-46(59)20-13-36(57)12-19-45(58)61-25-26-62-55-48(60)39-15-11-35-29-53-30-56(35)47(39)54-44-18-10-34(52)28-43(44)51/h9-11,15,18,28-32,37-38,40-42,54H,6-8,12-14,16-17,19-27H2,1-5H3,(H,55,60)/t32-,37+,38+,40-,41+,42+,49+,50-/m1/s1. The Morgan fingerprint density at radius 2 is 1.73 bits per heavy atom. The lowest BCUT2D eigenvalue weighted by atomic mass is 9.47. The van der Waals surface area contributed by atoms with Crippen molar-refractivity contribution < 1.29 is 37.9 Å². The van der Waals surface area contributed by atoms with Crippen molar-refractivity contribution in [2.75, 3.05) is 18.5 Å². The van der Waals surface area contributed by atoms with Gasteiger partial charge in [-0.3, -0.25) is 28.4 Å². The molecule has 4 aliphatic rings. The molecule has 2 heterocycles. The number of halogens is 2. The lowest BCUT2D eigenvalue weighted by Gasteiger charge is -2.58. The van der Waals surface area contributed by atoms with E-state index in [9.17, 15) is 23.6 Å². The molecule has 0 radical (unpaired) electrons. The van der Waals surface area contributed by atoms with E-state index in [-0.39, 0.29) is 79.2 Å². The van der Waals surface area contributed by atoms with Gasteiger partial charge in [0.1, 0.15) is 43.1 Å². The topological polar surface area (TPSA) is 137 Å². The number of carbonyl (C=O) groups excluding carboxylic acids is 4. The van der Waals surface area contributed by atoms with Gasteiger partial charge in [0.25, 0.3) is 5.91 Å². The Bertz CT molecular complexity index is 2170. The van der Waals surface area contributed by atoms with Crippen LogP contribution in [0.3, 0.4) is 0 Å². The number of benzene rings is 1. The summed E-state index contributed by atoms with van der Waals surface area (Å²) in [6.07, 6.45) is 18.5. The van der Waals surface area contributed by atoms with Gasteiger partial charge in [0.15, 0.2) is 0 Å². The molecule has 342 valence electrons. The zero-order chi connectivity index (χ0) is 44.9. The minimum absolute atomic E-state index is 0.00750. The number of ether oxygens (including phenoxy) is 2. The molecule has 1 aromatic carbocycles. The summed E-state index contributed by atoms with van der Waals surface area (Å²) in [6, 6.07) is 7.96. The van der Waals surface area contributed by atoms with Crippen LogP contribution in [-0.2, 0) is 28.7 Å². The smallest absolute Gasteiger partial charge is 0.306 e. The number of fused-ring (bicyclic) bond motifs is 6. The van der Waals surface area contributed by atoms with Crippen molar-refractivity contribution in [2.45, 2.75) is 137 Å². The molecule has 4 aliphatic carbocycles. The molecule has 8 atom stereocenters. The van der Waals surface area contributed by atoms with Crippen LogP contribution in [0.25, 0.3) is 5.52 Å². The average Bonchev–Trinajstić information content (AvgIpc) is 3.88. The van der Waals surface area contributed by atoms with E-state index in [1.807, 2.05) is 22.6 Å². The maximum absolute atomic E-state index is 14.7. The van der Waals surface area contributed by atoms with Crippen molar-refractivity contribution in [2.24, 2.45) is 46.3 Å². The van der Waals surface area contributed by atoms with E-state index >= 15 is 0 Å². The lowest BCUT2D eigenvalue weighted by molar-refractivity contribution is -0.152. The van der Waals surface area contributed by atoms with Gasteiger partial charge >= 0.3 is 11.9 Å². The zero-order valence-electron chi connectivity index (χ0n) is 37.7. The number of hydrogen-bond donors (Lipinski definition) is 2. The third-order valence-corrected chi connectivity index (χ3v) is 16.1. The molecule has 63 heavy (non-hydrogen) atoms. The number of ketones is 1. The van der Waals surface area contributed by atoms with Gasteiger partial charge in [-0.1, -0.05) is 65.5 Å². The quantitative estimate of drug-likeness (QED) is 0.0395. The van der Waals surface area contributed by atoms with Gasteiger partial charge in [0.05, 0.1) is 35.8 Å². The number of anilines is 2. The van der Waals surface area contributed by atoms with Crippen molar-refractivity contribution in [3.63, 3.8) is 0 Å². The van der Waals surface area contributed by atoms with E-state index in [4.69, 9.17) is 14.3 Å². The molecule has 13 heteroatoms. The number of nitrogens with zero attached hydrogens (tertiary/aromatic N) is 2. The molecular formula is C50H66FIN4O7. The van der Waals surface area contributed by atoms with Crippen LogP contribution in [0.1, 0.15) is 141 Å². The van der Waals surface area contributed by atoms with Gasteiger partial charge in [-0.05, 0) is 144 Å². The zero-order valence-corrected chi connectivity index (χ0v) is 39.8. The Hall–Kier alpha value is -3.85. The maximum atomic E-state index is 14.7. The van der Waals surface area contributed by atoms with Crippen molar-refractivity contribution in [3.05, 3.63) is 69.5 Å². The Kier molecular flexibility index (Phi) is 15.4. The first-order valence-electron chi connectivity index (χ1n) is 23.3. The van der Waals surface area contributed by atoms with Crippen molar-refractivity contribution >= 4 is 63.2 Å². The molecular weight excluding hydrogens is 914 g/mol. The molecule has 3 saturated carbocycles. The van der Waals surface area contributed by atoms with Crippen LogP contribution in [0.2, 0.25) is 0 Å². The molecule has 11 nitrogen and oxygen atoms in total. The number of hydrogen-bond acceptors (Lipinski definition) is 9. The Morgan fingerprint density at radius 3 is 2.51 bits per heavy atom. The number of esters is 2. The largest absolute Gasteiger partial charge is 0.463 e. The summed E-state index contributed by atoms with van der Waals surface area (Å²) in [6.45, 7) is 12.0. The van der Waals surface area contributed by atoms with Crippen LogP contribution in [-0.4, -0.2) is 52.3 Å². The molecule has 3 aromatic rings. The van der Waals surface area contributed by atoms with E-state index in [1.165, 1.54) is 62.9 Å². The number of amides is 1. The minimum Gasteiger partial charge on any atom is -0.463 e. The van der Waals surface area contributed by atoms with E-state index in [1.54, 1.807) is 34.9 Å². The first-order valence-corrected chi connectivity index (χ1v) is 24.4. The number of allylic oxidation sites excluding steroid dienone is 1. The summed E-state index contributed by atoms with van der Waals surface area (Å²) in [4.78, 5) is 60.4. The summed E-state index contributed by atoms with van der Waals surface area (Å²) < 4.78 is 28.2. The van der Waals surface area contributed by atoms with E-state index < -0.39 is 17.7 Å². The fourth-order valence-electron chi connectivity index (χ4n) is 12.1. The normalized spacial score (nSPS) is 26.9. The van der Waals surface area contributed by atoms with Gasteiger partial charge in [-0.2, -0.15) is 0 Å². The maximum Gasteiger partial charge on any atom is 0.306 e. The first-order chi connectivity index (χ1) is 30.2. The summed E-state index contributed by atoms with van der Waals surface area (Å²) in [7, 11) is 0. The molecule has 2 aromatic heterocycles. The van der Waals surface area contributed by atoms with E-state index in [0.29, 0.717) is 16.8 Å². The highest BCUT2D eigenvalue weighted by Crippen LogP contribution is 2.67. The number of pyridine rings is 1. The van der Waals surface area contributed by atoms with Crippen molar-refractivity contribution in [3.8, 4) is 0 Å². The van der Waals surface area contributed by atoms with Gasteiger partial charge in [0.2, 0.25) is 0 Å². The summed E-state index contributed by atoms with van der Waals surface area (Å²) in [5.74, 6) is 2.71. The number of carbonyl (C=O) groups is 4. The molecule has 0 spiro atoms. The van der Waals surface area contributed by atoms with Gasteiger partial charge in [0, 0.05) is 22.8 Å². The molecule has 0 saturated heterocycles. The molecule has 1 amide bonds. The van der Waals surface area contributed by atoms with E-state index in [0.717, 1.165) is 58.8 Å². The second-order valence-electron chi connectivity index (χ2n) is 19.7. The predicted molar refractivity (Wildman–Crippen MR) is 248 cm³/mol. The SMILES string of the molecule is CC(C)CCC[C@@H](C)[C@H]1CC[C@H]2[C@@H]3CC=C4C[C@@H](OC(=O)CCC(=O)CCC(=O)OCCONC(=O)c5ccc6cncn6c5Nc5ccc(I)cc5F)CC[C@]4(C)[C@H]3CC[C@]12C. The van der Waals surface area contributed by atoms with Crippen molar-refractivity contribution in [1.29, 1.82) is 0 Å². The second-order valence-corrected chi connectivity index (χ2v) is 21.0. The first kappa shape index (κ1) is 47.1. The summed E-state index contributed by atoms with van der Waals surface area (Å²) in [5.41, 5.74) is 5.46. The molecule has 0 unspecified atom stereocenters. The highest BCUT2D eigenvalue weighted by atomic mass is 127. The van der Waals surface area contributed by atoms with Gasteiger partial charge < -0.3 is 14.8 Å². The molecule has 0 aliphatic heterocycles. The number of Topliss-reactive ketones (excluding diaryl/α,β-unsaturated/α-hetero) is 1. The Morgan fingerprint density at radius 1 is 0.937 bits per heavy atom. The van der Waals surface area contributed by atoms with Gasteiger partial charge in [-0.25, -0.2) is 14.9 Å². The summed E-state index contributed by atoms with van der Waals surface area (Å²) in [5, 5.41) is 2.99. The molecule has 7 rings (SSSR count). The van der Waals surface area contributed by atoms with Crippen LogP contribution in [0.5, 0.6) is 0 Å². The number of rotatable bonds is 19. The minimum atomic E-state index is -0.609. The highest BCUT2D eigenvalue weighted by Gasteiger charge is 2.59. The van der Waals surface area contributed by atoms with Crippen LogP contribution < -0.4 is 10.8 Å². The van der Waals surface area contributed by atoms with Crippen LogP contribution in [0, 0.1) is 55.7 Å². The predicted octanol–water partition coefficient (Wildman–Crippen LogP) is 11.1. The average molecular weight is 981 g/mol. The van der Waals surface area contributed by atoms with Crippen molar-refractivity contribution in [1.82, 2.24) is 14.9 Å². The second kappa shape index (κ2) is 20.5. The molecule has 0 bridgehead atoms. The highest BCUT2D eigenvalue weighted by molar-refractivity contribution is 14.1. The van der Waals surface area contributed by atoms with Crippen LogP contribution in [0.15, 0.2) is 54.5 Å². The molecule has 3 fully saturated rings. The number of imidazole rings is 1. The van der Waals surface area contributed by atoms with Gasteiger partial charge in [-0.15, -0.1) is 0 Å².